The topological polar surface area (TPSA) is 55.6 Å². The molecule has 0 bridgehead atoms. The third-order valence-electron chi connectivity index (χ3n) is 4.87. The molecule has 2 rings (SSSR count). The number of carbonyl (C=O) groups excluding carboxylic acids is 1. The average Bonchev–Trinajstić information content (AvgIpc) is 2.37. The lowest BCUT2D eigenvalue weighted by Gasteiger charge is -2.40. The summed E-state index contributed by atoms with van der Waals surface area (Å²) in [6.45, 7) is 6.47. The predicted octanol–water partition coefficient (Wildman–Crippen LogP) is 2.11. The number of hydrogen-bond donors (Lipinski definition) is 1. The Morgan fingerprint density at radius 3 is 2.50 bits per heavy atom. The Balaban J connectivity index is 1.72. The summed E-state index contributed by atoms with van der Waals surface area (Å²) in [5.41, 5.74) is 5.73. The molecule has 1 amide bonds. The van der Waals surface area contributed by atoms with Crippen LogP contribution in [0.5, 0.6) is 0 Å². The Kier molecular flexibility index (Phi) is 5.02. The molecule has 1 saturated heterocycles. The Labute approximate surface area is 127 Å². The van der Waals surface area contributed by atoms with Crippen molar-refractivity contribution < 1.29 is 9.53 Å². The minimum absolute atomic E-state index is 0.0668. The van der Waals surface area contributed by atoms with Crippen molar-refractivity contribution in [2.45, 2.75) is 52.1 Å². The largest absolute Gasteiger partial charge is 0.393 e. The molecule has 1 aliphatic heterocycles. The number of piperidine rings is 1. The highest BCUT2D eigenvalue weighted by molar-refractivity contribution is 7.80. The fraction of sp³-hybridized carbons (Fsp3) is 0.867. The fourth-order valence-electron chi connectivity index (χ4n) is 3.09. The molecule has 0 aromatic carbocycles. The number of amides is 1. The first-order valence-electron chi connectivity index (χ1n) is 7.64. The predicted molar refractivity (Wildman–Crippen MR) is 83.5 cm³/mol. The van der Waals surface area contributed by atoms with Gasteiger partial charge in [-0.05, 0) is 38.5 Å². The lowest BCUT2D eigenvalue weighted by molar-refractivity contribution is -0.136. The van der Waals surface area contributed by atoms with Gasteiger partial charge in [0.25, 0.3) is 0 Å². The molecular formula is C15H26N2O2S. The number of carbonyl (C=O) groups is 1. The lowest BCUT2D eigenvalue weighted by atomic mass is 9.78. The van der Waals surface area contributed by atoms with Gasteiger partial charge in [0.05, 0.1) is 11.1 Å². The summed E-state index contributed by atoms with van der Waals surface area (Å²) in [6.07, 6.45) is 4.92. The van der Waals surface area contributed by atoms with Crippen LogP contribution in [0.25, 0.3) is 0 Å². The molecule has 114 valence electrons. The van der Waals surface area contributed by atoms with Gasteiger partial charge in [0.15, 0.2) is 0 Å². The van der Waals surface area contributed by atoms with E-state index in [0.717, 1.165) is 45.4 Å². The lowest BCUT2D eigenvalue weighted by Crippen LogP contribution is -2.47. The van der Waals surface area contributed by atoms with Crippen LogP contribution in [0.2, 0.25) is 0 Å². The molecule has 1 heterocycles. The molecule has 2 N–H and O–H groups in total. The maximum Gasteiger partial charge on any atom is 0.222 e. The van der Waals surface area contributed by atoms with E-state index in [1.807, 2.05) is 11.8 Å². The quantitative estimate of drug-likeness (QED) is 0.790. The van der Waals surface area contributed by atoms with Crippen LogP contribution in [0, 0.1) is 11.3 Å². The molecule has 0 radical (unpaired) electrons. The molecule has 0 spiro atoms. The maximum atomic E-state index is 12.3. The maximum absolute atomic E-state index is 12.3. The molecule has 1 saturated carbocycles. The van der Waals surface area contributed by atoms with Crippen LogP contribution >= 0.6 is 12.2 Å². The highest BCUT2D eigenvalue weighted by Gasteiger charge is 2.36. The molecule has 2 fully saturated rings. The zero-order valence-electron chi connectivity index (χ0n) is 12.6. The van der Waals surface area contributed by atoms with Gasteiger partial charge in [0, 0.05) is 31.5 Å². The number of rotatable bonds is 5. The molecule has 5 heteroatoms. The van der Waals surface area contributed by atoms with E-state index in [2.05, 4.69) is 6.92 Å². The van der Waals surface area contributed by atoms with Crippen LogP contribution in [0.4, 0.5) is 0 Å². The van der Waals surface area contributed by atoms with Crippen LogP contribution in [0.1, 0.15) is 46.0 Å². The third kappa shape index (κ3) is 3.50. The van der Waals surface area contributed by atoms with Crippen molar-refractivity contribution in [3.8, 4) is 0 Å². The fourth-order valence-corrected chi connectivity index (χ4v) is 3.29. The summed E-state index contributed by atoms with van der Waals surface area (Å²) in [4.78, 5) is 14.8. The second-order valence-electron chi connectivity index (χ2n) is 6.42. The number of thiocarbonyl (C=S) groups is 1. The van der Waals surface area contributed by atoms with Crippen molar-refractivity contribution in [2.75, 3.05) is 19.7 Å². The van der Waals surface area contributed by atoms with E-state index in [1.165, 1.54) is 0 Å². The second kappa shape index (κ2) is 6.39. The minimum atomic E-state index is -0.0668. The van der Waals surface area contributed by atoms with E-state index in [1.54, 1.807) is 0 Å². The summed E-state index contributed by atoms with van der Waals surface area (Å²) < 4.78 is 5.54. The number of nitrogens with two attached hydrogens (primary N) is 1. The van der Waals surface area contributed by atoms with Crippen LogP contribution in [0.15, 0.2) is 0 Å². The van der Waals surface area contributed by atoms with E-state index in [4.69, 9.17) is 22.7 Å². The van der Waals surface area contributed by atoms with Crippen LogP contribution in [-0.2, 0) is 9.53 Å². The second-order valence-corrected chi connectivity index (χ2v) is 6.86. The highest BCUT2D eigenvalue weighted by atomic mass is 32.1. The van der Waals surface area contributed by atoms with Crippen molar-refractivity contribution in [3.05, 3.63) is 0 Å². The smallest absolute Gasteiger partial charge is 0.222 e. The first-order valence-corrected chi connectivity index (χ1v) is 8.04. The zero-order valence-corrected chi connectivity index (χ0v) is 13.4. The number of nitrogens with zero attached hydrogens (tertiary/aromatic N) is 1. The molecule has 0 aromatic heterocycles. The standard InChI is InChI=1S/C15H26N2O2S/c1-3-19-12-8-11(9-12)10-13(18)17-6-4-15(2,5-7-17)14(16)20/h11-12H,3-10H2,1-2H3,(H2,16,20). The highest BCUT2D eigenvalue weighted by Crippen LogP contribution is 2.35. The zero-order chi connectivity index (χ0) is 14.8. The summed E-state index contributed by atoms with van der Waals surface area (Å²) >= 11 is 5.13. The van der Waals surface area contributed by atoms with Crippen molar-refractivity contribution in [3.63, 3.8) is 0 Å². The van der Waals surface area contributed by atoms with Gasteiger partial charge in [-0.2, -0.15) is 0 Å². The van der Waals surface area contributed by atoms with Gasteiger partial charge >= 0.3 is 0 Å². The van der Waals surface area contributed by atoms with Crippen molar-refractivity contribution >= 4 is 23.1 Å². The Morgan fingerprint density at radius 1 is 1.40 bits per heavy atom. The number of ether oxygens (including phenoxy) is 1. The molecule has 2 aliphatic rings. The number of likely N-dealkylation sites (tertiary alicyclic amines) is 1. The van der Waals surface area contributed by atoms with Gasteiger partial charge in [-0.25, -0.2) is 0 Å². The Hall–Kier alpha value is -0.680. The van der Waals surface area contributed by atoms with Gasteiger partial charge in [-0.1, -0.05) is 19.1 Å². The molecule has 1 aliphatic carbocycles. The van der Waals surface area contributed by atoms with Crippen molar-refractivity contribution in [2.24, 2.45) is 17.1 Å². The van der Waals surface area contributed by atoms with E-state index in [0.29, 0.717) is 23.4 Å². The van der Waals surface area contributed by atoms with E-state index < -0.39 is 0 Å². The molecule has 0 aromatic rings. The molecule has 20 heavy (non-hydrogen) atoms. The first kappa shape index (κ1) is 15.7. The van der Waals surface area contributed by atoms with Crippen LogP contribution in [0.3, 0.4) is 0 Å². The molecule has 4 nitrogen and oxygen atoms in total. The van der Waals surface area contributed by atoms with Crippen LogP contribution in [-0.4, -0.2) is 41.6 Å². The van der Waals surface area contributed by atoms with E-state index in [-0.39, 0.29) is 11.3 Å². The molecular weight excluding hydrogens is 272 g/mol. The van der Waals surface area contributed by atoms with Gasteiger partial charge in [-0.3, -0.25) is 4.79 Å². The van der Waals surface area contributed by atoms with Crippen LogP contribution < -0.4 is 5.73 Å². The summed E-state index contributed by atoms with van der Waals surface area (Å²) in [6, 6.07) is 0. The first-order chi connectivity index (χ1) is 9.44. The molecule has 0 unspecified atom stereocenters. The van der Waals surface area contributed by atoms with E-state index in [9.17, 15) is 4.79 Å². The van der Waals surface area contributed by atoms with Gasteiger partial charge in [0.2, 0.25) is 5.91 Å². The summed E-state index contributed by atoms with van der Waals surface area (Å²) in [5.74, 6) is 0.804. The third-order valence-corrected chi connectivity index (χ3v) is 5.37. The summed E-state index contributed by atoms with van der Waals surface area (Å²) in [7, 11) is 0. The van der Waals surface area contributed by atoms with Gasteiger partial charge < -0.3 is 15.4 Å². The summed E-state index contributed by atoms with van der Waals surface area (Å²) in [5, 5.41) is 0. The van der Waals surface area contributed by atoms with E-state index >= 15 is 0 Å². The van der Waals surface area contributed by atoms with Gasteiger partial charge in [-0.15, -0.1) is 0 Å². The number of hydrogen-bond acceptors (Lipinski definition) is 3. The Morgan fingerprint density at radius 2 is 2.00 bits per heavy atom. The van der Waals surface area contributed by atoms with Crippen molar-refractivity contribution in [1.82, 2.24) is 4.90 Å². The molecule has 0 atom stereocenters. The normalized spacial score (nSPS) is 28.8. The monoisotopic (exact) mass is 298 g/mol. The minimum Gasteiger partial charge on any atom is -0.393 e. The van der Waals surface area contributed by atoms with Gasteiger partial charge in [0.1, 0.15) is 0 Å². The SMILES string of the molecule is CCOC1CC(CC(=O)N2CCC(C)(C(N)=S)CC2)C1. The Bertz CT molecular complexity index is 372. The van der Waals surface area contributed by atoms with Crippen molar-refractivity contribution in [1.29, 1.82) is 0 Å². The average molecular weight is 298 g/mol.